The SMILES string of the molecule is CC(SS)N1CC2CCN(C(C)CCC(C)N3CCC4C3CCN4C(C)C)C2C1. The molecule has 4 saturated heterocycles. The van der Waals surface area contributed by atoms with E-state index in [1.165, 1.54) is 64.8 Å². The van der Waals surface area contributed by atoms with Gasteiger partial charge in [0.1, 0.15) is 0 Å². The van der Waals surface area contributed by atoms with Gasteiger partial charge in [-0.25, -0.2) is 0 Å². The van der Waals surface area contributed by atoms with E-state index in [1.54, 1.807) is 10.8 Å². The number of nitrogens with zero attached hydrogens (tertiary/aromatic N) is 4. The fraction of sp³-hybridized carbons (Fsp3) is 1.00. The van der Waals surface area contributed by atoms with Crippen LogP contribution in [0.2, 0.25) is 0 Å². The van der Waals surface area contributed by atoms with Gasteiger partial charge in [0.25, 0.3) is 0 Å². The standard InChI is InChI=1S/C23H44N4S2/c1-16(2)25-12-9-22-21(25)10-13-26(22)17(3)6-7-18(4)27-11-8-20-14-24(15-23(20)27)19(5)29-28/h16-23,28H,6-15H2,1-5H3. The first kappa shape index (κ1) is 22.7. The van der Waals surface area contributed by atoms with Crippen molar-refractivity contribution in [3.63, 3.8) is 0 Å². The number of rotatable bonds is 8. The van der Waals surface area contributed by atoms with Crippen LogP contribution < -0.4 is 0 Å². The van der Waals surface area contributed by atoms with Gasteiger partial charge in [-0.1, -0.05) is 10.8 Å². The van der Waals surface area contributed by atoms with Gasteiger partial charge in [-0.05, 0) is 79.2 Å². The molecule has 0 aromatic heterocycles. The Kier molecular flexibility index (Phi) is 7.50. The lowest BCUT2D eigenvalue weighted by atomic mass is 10.0. The average molecular weight is 441 g/mol. The fourth-order valence-electron chi connectivity index (χ4n) is 6.99. The average Bonchev–Trinajstić information content (AvgIpc) is 3.44. The van der Waals surface area contributed by atoms with Crippen molar-refractivity contribution in [1.82, 2.24) is 19.6 Å². The molecule has 0 N–H and O–H groups in total. The van der Waals surface area contributed by atoms with Crippen LogP contribution in [0, 0.1) is 5.92 Å². The highest BCUT2D eigenvalue weighted by Crippen LogP contribution is 2.38. The van der Waals surface area contributed by atoms with Gasteiger partial charge in [-0.2, -0.15) is 0 Å². The Labute approximate surface area is 188 Å². The molecule has 6 heteroatoms. The van der Waals surface area contributed by atoms with Gasteiger partial charge in [0, 0.05) is 62.4 Å². The van der Waals surface area contributed by atoms with E-state index in [2.05, 4.69) is 65.9 Å². The minimum atomic E-state index is 0.543. The van der Waals surface area contributed by atoms with Gasteiger partial charge < -0.3 is 0 Å². The molecule has 0 radical (unpaired) electrons. The normalized spacial score (nSPS) is 37.3. The van der Waals surface area contributed by atoms with E-state index in [-0.39, 0.29) is 0 Å². The molecule has 7 atom stereocenters. The van der Waals surface area contributed by atoms with Gasteiger partial charge in [0.05, 0.1) is 5.37 Å². The third-order valence-electron chi connectivity index (χ3n) is 8.75. The molecule has 4 fully saturated rings. The van der Waals surface area contributed by atoms with Crippen LogP contribution in [-0.2, 0) is 0 Å². The second-order valence-electron chi connectivity index (χ2n) is 10.6. The lowest BCUT2D eigenvalue weighted by molar-refractivity contribution is 0.134. The lowest BCUT2D eigenvalue weighted by Gasteiger charge is -2.35. The Hall–Kier alpha value is 0.540. The molecule has 0 saturated carbocycles. The summed E-state index contributed by atoms with van der Waals surface area (Å²) in [5.74, 6) is 0.887. The quantitative estimate of drug-likeness (QED) is 0.451. The van der Waals surface area contributed by atoms with Crippen LogP contribution >= 0.6 is 22.5 Å². The number of fused-ring (bicyclic) bond motifs is 2. The Morgan fingerprint density at radius 2 is 1.31 bits per heavy atom. The monoisotopic (exact) mass is 440 g/mol. The molecular weight excluding hydrogens is 396 g/mol. The third-order valence-corrected chi connectivity index (χ3v) is 10.3. The minimum absolute atomic E-state index is 0.543. The molecule has 0 aromatic carbocycles. The number of thiol groups is 1. The van der Waals surface area contributed by atoms with Gasteiger partial charge in [0.2, 0.25) is 0 Å². The van der Waals surface area contributed by atoms with E-state index >= 15 is 0 Å². The van der Waals surface area contributed by atoms with E-state index in [9.17, 15) is 0 Å². The Morgan fingerprint density at radius 3 is 1.93 bits per heavy atom. The van der Waals surface area contributed by atoms with Crippen LogP contribution in [0.15, 0.2) is 0 Å². The van der Waals surface area contributed by atoms with Crippen molar-refractivity contribution in [2.45, 2.75) is 108 Å². The zero-order valence-electron chi connectivity index (χ0n) is 19.3. The maximum Gasteiger partial charge on any atom is 0.0631 e. The van der Waals surface area contributed by atoms with Gasteiger partial charge in [-0.15, -0.1) is 11.7 Å². The van der Waals surface area contributed by atoms with Crippen LogP contribution in [0.25, 0.3) is 0 Å². The van der Waals surface area contributed by atoms with Crippen LogP contribution in [0.3, 0.4) is 0 Å². The van der Waals surface area contributed by atoms with Gasteiger partial charge in [0.15, 0.2) is 0 Å². The molecule has 4 rings (SSSR count). The lowest BCUT2D eigenvalue weighted by Crippen LogP contribution is -2.44. The maximum absolute atomic E-state index is 4.45. The third kappa shape index (κ3) is 4.54. The summed E-state index contributed by atoms with van der Waals surface area (Å²) >= 11 is 4.45. The number of hydrogen-bond acceptors (Lipinski definition) is 6. The topological polar surface area (TPSA) is 13.0 Å². The highest BCUT2D eigenvalue weighted by molar-refractivity contribution is 8.68. The van der Waals surface area contributed by atoms with Crippen LogP contribution in [0.1, 0.15) is 66.7 Å². The van der Waals surface area contributed by atoms with Crippen LogP contribution in [0.4, 0.5) is 0 Å². The van der Waals surface area contributed by atoms with Crippen molar-refractivity contribution in [2.24, 2.45) is 5.92 Å². The van der Waals surface area contributed by atoms with Gasteiger partial charge >= 0.3 is 0 Å². The molecule has 168 valence electrons. The van der Waals surface area contributed by atoms with E-state index in [1.807, 2.05) is 0 Å². The van der Waals surface area contributed by atoms with E-state index < -0.39 is 0 Å². The van der Waals surface area contributed by atoms with Crippen LogP contribution in [-0.4, -0.2) is 93.9 Å². The first-order chi connectivity index (χ1) is 13.9. The summed E-state index contributed by atoms with van der Waals surface area (Å²) in [6, 6.07) is 4.60. The number of hydrogen-bond donors (Lipinski definition) is 1. The summed E-state index contributed by atoms with van der Waals surface area (Å²) < 4.78 is 0. The molecule has 0 amide bonds. The highest BCUT2D eigenvalue weighted by Gasteiger charge is 2.45. The van der Waals surface area contributed by atoms with E-state index in [0.717, 1.165) is 36.1 Å². The maximum atomic E-state index is 4.45. The number of likely N-dealkylation sites (tertiary alicyclic amines) is 4. The minimum Gasteiger partial charge on any atom is -0.296 e. The summed E-state index contributed by atoms with van der Waals surface area (Å²) in [5.41, 5.74) is 0. The second kappa shape index (κ2) is 9.58. The Balaban J connectivity index is 1.26. The Morgan fingerprint density at radius 1 is 0.759 bits per heavy atom. The second-order valence-corrected chi connectivity index (χ2v) is 12.1. The molecule has 29 heavy (non-hydrogen) atoms. The summed E-state index contributed by atoms with van der Waals surface area (Å²) in [4.78, 5) is 11.1. The molecule has 0 aliphatic carbocycles. The molecule has 0 aromatic rings. The first-order valence-electron chi connectivity index (χ1n) is 12.2. The van der Waals surface area contributed by atoms with Crippen molar-refractivity contribution >= 4 is 22.5 Å². The van der Waals surface area contributed by atoms with Crippen LogP contribution in [0.5, 0.6) is 0 Å². The molecule has 0 spiro atoms. The van der Waals surface area contributed by atoms with E-state index in [4.69, 9.17) is 0 Å². The molecule has 7 unspecified atom stereocenters. The Bertz CT molecular complexity index is 547. The van der Waals surface area contributed by atoms with Crippen molar-refractivity contribution in [3.8, 4) is 0 Å². The fourth-order valence-corrected chi connectivity index (χ4v) is 7.70. The van der Waals surface area contributed by atoms with E-state index in [0.29, 0.717) is 11.4 Å². The molecule has 4 nitrogen and oxygen atoms in total. The zero-order valence-corrected chi connectivity index (χ0v) is 21.0. The largest absolute Gasteiger partial charge is 0.296 e. The van der Waals surface area contributed by atoms with Crippen molar-refractivity contribution in [1.29, 1.82) is 0 Å². The smallest absolute Gasteiger partial charge is 0.0631 e. The van der Waals surface area contributed by atoms with Crippen molar-refractivity contribution < 1.29 is 0 Å². The molecular formula is C23H44N4S2. The predicted molar refractivity (Wildman–Crippen MR) is 130 cm³/mol. The molecule has 4 aliphatic heterocycles. The first-order valence-corrected chi connectivity index (χ1v) is 14.1. The summed E-state index contributed by atoms with van der Waals surface area (Å²) in [7, 11) is 1.70. The predicted octanol–water partition coefficient (Wildman–Crippen LogP) is 4.03. The highest BCUT2D eigenvalue weighted by atomic mass is 33.1. The molecule has 4 aliphatic rings. The molecule has 0 bridgehead atoms. The summed E-state index contributed by atoms with van der Waals surface area (Å²) in [5, 5.41) is 0.543. The summed E-state index contributed by atoms with van der Waals surface area (Å²) in [6.45, 7) is 18.5. The summed E-state index contributed by atoms with van der Waals surface area (Å²) in [6.07, 6.45) is 6.87. The molecule has 4 heterocycles. The zero-order chi connectivity index (χ0) is 20.7. The van der Waals surface area contributed by atoms with Gasteiger partial charge in [-0.3, -0.25) is 19.6 Å². The van der Waals surface area contributed by atoms with Crippen molar-refractivity contribution in [3.05, 3.63) is 0 Å². The van der Waals surface area contributed by atoms with Crippen molar-refractivity contribution in [2.75, 3.05) is 32.7 Å².